The third-order valence-electron chi connectivity index (χ3n) is 5.69. The van der Waals surface area contributed by atoms with Crippen molar-refractivity contribution in [1.29, 1.82) is 0 Å². The van der Waals surface area contributed by atoms with E-state index in [1.165, 1.54) is 19.2 Å². The maximum atomic E-state index is 12.9. The number of anilines is 3. The van der Waals surface area contributed by atoms with Gasteiger partial charge in [0.25, 0.3) is 0 Å². The molecule has 2 N–H and O–H groups in total. The lowest BCUT2D eigenvalue weighted by atomic mass is 10.0. The van der Waals surface area contributed by atoms with Gasteiger partial charge in [0.05, 0.1) is 11.6 Å². The first kappa shape index (κ1) is 18.9. The molecule has 0 radical (unpaired) electrons. The van der Waals surface area contributed by atoms with Crippen LogP contribution >= 0.6 is 0 Å². The monoisotopic (exact) mass is 414 g/mol. The van der Waals surface area contributed by atoms with Gasteiger partial charge in [0.1, 0.15) is 18.0 Å². The van der Waals surface area contributed by atoms with Gasteiger partial charge in [0.2, 0.25) is 0 Å². The van der Waals surface area contributed by atoms with Crippen LogP contribution in [-0.2, 0) is 6.18 Å². The molecule has 0 spiro atoms. The van der Waals surface area contributed by atoms with E-state index < -0.39 is 11.7 Å². The summed E-state index contributed by atoms with van der Waals surface area (Å²) in [6.07, 6.45) is 1.37. The minimum atomic E-state index is -4.33. The van der Waals surface area contributed by atoms with Crippen LogP contribution in [0.15, 0.2) is 42.7 Å². The Kier molecular flexibility index (Phi) is 4.60. The van der Waals surface area contributed by atoms with Crippen molar-refractivity contribution in [2.24, 2.45) is 0 Å². The fraction of sp³-hybridized carbons (Fsp3) is 0.381. The summed E-state index contributed by atoms with van der Waals surface area (Å²) < 4.78 is 38.6. The molecule has 30 heavy (non-hydrogen) atoms. The minimum absolute atomic E-state index is 0.0121. The maximum Gasteiger partial charge on any atom is 0.416 e. The topological polar surface area (TPSA) is 69.7 Å². The lowest BCUT2D eigenvalue weighted by molar-refractivity contribution is -0.137. The molecule has 1 unspecified atom stereocenters. The highest BCUT2D eigenvalue weighted by atomic mass is 19.4. The predicted octanol–water partition coefficient (Wildman–Crippen LogP) is 5.18. The van der Waals surface area contributed by atoms with Gasteiger partial charge in [-0.3, -0.25) is 5.10 Å². The van der Waals surface area contributed by atoms with Crippen molar-refractivity contribution in [1.82, 2.24) is 20.2 Å². The highest BCUT2D eigenvalue weighted by molar-refractivity contribution is 5.57. The lowest BCUT2D eigenvalue weighted by Gasteiger charge is -2.26. The Morgan fingerprint density at radius 3 is 2.53 bits per heavy atom. The van der Waals surface area contributed by atoms with Crippen molar-refractivity contribution < 1.29 is 13.2 Å². The first-order chi connectivity index (χ1) is 14.5. The van der Waals surface area contributed by atoms with Gasteiger partial charge >= 0.3 is 6.18 Å². The van der Waals surface area contributed by atoms with Gasteiger partial charge in [-0.1, -0.05) is 12.1 Å². The summed E-state index contributed by atoms with van der Waals surface area (Å²) in [5.74, 6) is 2.67. The van der Waals surface area contributed by atoms with Crippen molar-refractivity contribution in [3.8, 4) is 0 Å². The van der Waals surface area contributed by atoms with Gasteiger partial charge in [-0.15, -0.1) is 0 Å². The fourth-order valence-corrected chi connectivity index (χ4v) is 3.99. The smallest absolute Gasteiger partial charge is 0.349 e. The molecule has 3 aromatic rings. The predicted molar refractivity (Wildman–Crippen MR) is 107 cm³/mol. The van der Waals surface area contributed by atoms with Gasteiger partial charge in [-0.25, -0.2) is 9.97 Å². The molecule has 2 aliphatic rings. The lowest BCUT2D eigenvalue weighted by Crippen LogP contribution is -2.23. The zero-order valence-corrected chi connectivity index (χ0v) is 16.2. The Labute approximate surface area is 171 Å². The van der Waals surface area contributed by atoms with Crippen LogP contribution in [0.1, 0.15) is 54.5 Å². The number of hydrogen-bond donors (Lipinski definition) is 2. The molecular formula is C21H21F3N6. The third-order valence-corrected chi connectivity index (χ3v) is 5.69. The van der Waals surface area contributed by atoms with Crippen molar-refractivity contribution >= 4 is 17.5 Å². The number of alkyl halides is 3. The number of benzene rings is 1. The molecule has 1 saturated heterocycles. The molecule has 156 valence electrons. The molecule has 0 amide bonds. The molecule has 2 fully saturated rings. The molecule has 1 aromatic carbocycles. The van der Waals surface area contributed by atoms with Gasteiger partial charge in [-0.05, 0) is 43.4 Å². The highest BCUT2D eigenvalue weighted by Crippen LogP contribution is 2.40. The Morgan fingerprint density at radius 1 is 1.00 bits per heavy atom. The number of nitrogens with one attached hydrogen (secondary N) is 2. The van der Waals surface area contributed by atoms with E-state index >= 15 is 0 Å². The van der Waals surface area contributed by atoms with E-state index in [2.05, 4.69) is 30.4 Å². The third kappa shape index (κ3) is 3.83. The van der Waals surface area contributed by atoms with Crippen LogP contribution in [-0.4, -0.2) is 26.7 Å². The summed E-state index contributed by atoms with van der Waals surface area (Å²) in [5, 5.41) is 10.5. The SMILES string of the molecule is FC(F)(F)c1ccc(C2CCCN2c2cc(Nc3cc(C4CC4)[nH]n3)ncn2)cc1. The normalized spacial score (nSPS) is 19.3. The van der Waals surface area contributed by atoms with Crippen molar-refractivity contribution in [2.75, 3.05) is 16.8 Å². The molecule has 3 heterocycles. The van der Waals surface area contributed by atoms with Crippen LogP contribution in [0, 0.1) is 0 Å². The maximum absolute atomic E-state index is 12.9. The average molecular weight is 414 g/mol. The summed E-state index contributed by atoms with van der Waals surface area (Å²) >= 11 is 0. The van der Waals surface area contributed by atoms with Crippen molar-refractivity contribution in [3.63, 3.8) is 0 Å². The van der Waals surface area contributed by atoms with Crippen LogP contribution in [0.2, 0.25) is 0 Å². The van der Waals surface area contributed by atoms with Crippen molar-refractivity contribution in [3.05, 3.63) is 59.5 Å². The van der Waals surface area contributed by atoms with E-state index in [0.717, 1.165) is 48.6 Å². The van der Waals surface area contributed by atoms with Crippen LogP contribution in [0.5, 0.6) is 0 Å². The Hall–Kier alpha value is -3.10. The van der Waals surface area contributed by atoms with Crippen LogP contribution in [0.25, 0.3) is 0 Å². The molecule has 1 saturated carbocycles. The number of halogens is 3. The molecule has 5 rings (SSSR count). The standard InChI is InChI=1S/C21H21F3N6/c22-21(23,24)15-7-5-14(6-8-15)17-2-1-9-30(17)20-11-18(25-12-26-20)27-19-10-16(28-29-19)13-3-4-13/h5-8,10-13,17H,1-4,9H2,(H2,25,26,27,28,29). The van der Waals surface area contributed by atoms with E-state index in [1.54, 1.807) is 12.1 Å². The molecule has 1 aliphatic carbocycles. The second kappa shape index (κ2) is 7.30. The largest absolute Gasteiger partial charge is 0.416 e. The average Bonchev–Trinajstić information content (AvgIpc) is 3.28. The molecular weight excluding hydrogens is 393 g/mol. The van der Waals surface area contributed by atoms with Gasteiger partial charge in [0, 0.05) is 30.3 Å². The van der Waals surface area contributed by atoms with Gasteiger partial charge < -0.3 is 10.2 Å². The molecule has 1 atom stereocenters. The highest BCUT2D eigenvalue weighted by Gasteiger charge is 2.32. The van der Waals surface area contributed by atoms with E-state index in [1.807, 2.05) is 12.1 Å². The van der Waals surface area contributed by atoms with Crippen LogP contribution in [0.3, 0.4) is 0 Å². The molecule has 2 aromatic heterocycles. The summed E-state index contributed by atoms with van der Waals surface area (Å²) in [7, 11) is 0. The molecule has 1 aliphatic heterocycles. The Balaban J connectivity index is 1.34. The molecule has 9 heteroatoms. The Bertz CT molecular complexity index is 1030. The van der Waals surface area contributed by atoms with Crippen molar-refractivity contribution in [2.45, 2.75) is 43.8 Å². The zero-order chi connectivity index (χ0) is 20.7. The van der Waals surface area contributed by atoms with Crippen LogP contribution in [0.4, 0.5) is 30.6 Å². The fourth-order valence-electron chi connectivity index (χ4n) is 3.99. The summed E-state index contributed by atoms with van der Waals surface area (Å²) in [4.78, 5) is 10.8. The minimum Gasteiger partial charge on any atom is -0.349 e. The van der Waals surface area contributed by atoms with E-state index in [0.29, 0.717) is 17.6 Å². The molecule has 6 nitrogen and oxygen atoms in total. The number of aromatic nitrogens is 4. The number of nitrogens with zero attached hydrogens (tertiary/aromatic N) is 4. The summed E-state index contributed by atoms with van der Waals surface area (Å²) in [6.45, 7) is 0.788. The summed E-state index contributed by atoms with van der Waals surface area (Å²) in [5.41, 5.74) is 1.36. The second-order valence-electron chi connectivity index (χ2n) is 7.84. The second-order valence-corrected chi connectivity index (χ2v) is 7.84. The van der Waals surface area contributed by atoms with E-state index in [4.69, 9.17) is 0 Å². The van der Waals surface area contributed by atoms with Gasteiger partial charge in [-0.2, -0.15) is 18.3 Å². The Morgan fingerprint density at radius 2 is 1.80 bits per heavy atom. The number of hydrogen-bond acceptors (Lipinski definition) is 5. The number of rotatable bonds is 5. The number of H-pyrrole nitrogens is 1. The van der Waals surface area contributed by atoms with Gasteiger partial charge in [0.15, 0.2) is 5.82 Å². The quantitative estimate of drug-likeness (QED) is 0.602. The van der Waals surface area contributed by atoms with E-state index in [9.17, 15) is 13.2 Å². The zero-order valence-electron chi connectivity index (χ0n) is 16.2. The first-order valence-corrected chi connectivity index (χ1v) is 10.1. The number of aromatic amines is 1. The summed E-state index contributed by atoms with van der Waals surface area (Å²) in [6, 6.07) is 9.27. The van der Waals surface area contributed by atoms with E-state index in [-0.39, 0.29) is 6.04 Å². The molecule has 0 bridgehead atoms. The first-order valence-electron chi connectivity index (χ1n) is 10.1. The van der Waals surface area contributed by atoms with Crippen LogP contribution < -0.4 is 10.2 Å².